The minimum absolute atomic E-state index is 0. The number of pyridine rings is 1. The molecule has 2 N–H and O–H groups in total. The fourth-order valence-corrected chi connectivity index (χ4v) is 12.5. The molecule has 23 heteroatoms. The van der Waals surface area contributed by atoms with Gasteiger partial charge in [-0.1, -0.05) is 140 Å². The smallest absolute Gasteiger partial charge is 0.321 e. The van der Waals surface area contributed by atoms with Crippen LogP contribution in [0.25, 0.3) is 21.7 Å². The van der Waals surface area contributed by atoms with Gasteiger partial charge in [-0.15, -0.1) is 12.5 Å². The van der Waals surface area contributed by atoms with Crippen LogP contribution in [0, 0.1) is 12.3 Å². The number of anilines is 4. The van der Waals surface area contributed by atoms with E-state index in [4.69, 9.17) is 0 Å². The number of fused-ring (bicyclic) bond motifs is 8. The number of amides is 7. The van der Waals surface area contributed by atoms with Crippen LogP contribution in [0.1, 0.15) is 92.0 Å². The fourth-order valence-electron chi connectivity index (χ4n) is 12.5. The van der Waals surface area contributed by atoms with Crippen LogP contribution in [-0.2, 0) is 91.9 Å². The predicted molar refractivity (Wildman–Crippen MR) is 421 cm³/mol. The van der Waals surface area contributed by atoms with Gasteiger partial charge < -0.3 is 54.0 Å². The molecule has 1 saturated heterocycles. The van der Waals surface area contributed by atoms with Crippen molar-refractivity contribution in [2.75, 3.05) is 95.6 Å². The van der Waals surface area contributed by atoms with Gasteiger partial charge in [0.1, 0.15) is 12.5 Å². The topological polar surface area (TPSA) is 240 Å². The molecule has 10 aromatic rings. The Morgan fingerprint density at radius 1 is 0.472 bits per heavy atom. The molecule has 0 bridgehead atoms. The summed E-state index contributed by atoms with van der Waals surface area (Å²) >= 11 is 0. The number of likely N-dealkylation sites (tertiary alicyclic amines) is 1. The van der Waals surface area contributed by atoms with Crippen molar-refractivity contribution in [3.8, 4) is 0 Å². The second-order valence-electron chi connectivity index (χ2n) is 26.9. The fraction of sp³-hybridized carbons (Fsp3) is 0.271. The van der Waals surface area contributed by atoms with E-state index in [1.54, 1.807) is 94.1 Å². The summed E-state index contributed by atoms with van der Waals surface area (Å²) in [6.07, 6.45) is 9.59. The van der Waals surface area contributed by atoms with Gasteiger partial charge in [-0.25, -0.2) is 9.78 Å². The van der Waals surface area contributed by atoms with Crippen molar-refractivity contribution in [3.05, 3.63) is 284 Å². The predicted octanol–water partition coefficient (Wildman–Crippen LogP) is 11.5. The third kappa shape index (κ3) is 21.7. The first-order chi connectivity index (χ1) is 51.4. The van der Waals surface area contributed by atoms with Gasteiger partial charge >= 0.3 is 6.03 Å². The summed E-state index contributed by atoms with van der Waals surface area (Å²) in [5, 5.41) is 8.47. The number of carbonyl (C=O) groups is 8. The van der Waals surface area contributed by atoms with Gasteiger partial charge in [-0.3, -0.25) is 43.3 Å². The number of rotatable bonds is 0. The molecule has 17 rings (SSSR count). The normalized spacial score (nSPS) is 15.4. The molecular weight excluding hydrogens is 1440 g/mol. The van der Waals surface area contributed by atoms with E-state index in [1.807, 2.05) is 210 Å². The van der Waals surface area contributed by atoms with Crippen molar-refractivity contribution < 1.29 is 71.1 Å². The Morgan fingerprint density at radius 3 is 1.73 bits per heavy atom. The maximum absolute atomic E-state index is 11.8. The third-order valence-corrected chi connectivity index (χ3v) is 18.8. The molecule has 1 atom stereocenters. The number of ketones is 2. The largest absolute Gasteiger partial charge is 0.420 e. The summed E-state index contributed by atoms with van der Waals surface area (Å²) in [7, 11) is 14.4. The number of hydrogen-bond donors (Lipinski definition) is 2. The summed E-state index contributed by atoms with van der Waals surface area (Å²) < 4.78 is 3.06. The van der Waals surface area contributed by atoms with E-state index >= 15 is 0 Å². The van der Waals surface area contributed by atoms with E-state index in [1.165, 1.54) is 51.4 Å². The molecule has 1 unspecified atom stereocenters. The number of urea groups is 1. The minimum atomic E-state index is -0.0539. The molecule has 8 aromatic carbocycles. The number of benzene rings is 8. The second-order valence-corrected chi connectivity index (χ2v) is 26.9. The molecule has 557 valence electrons. The monoisotopic (exact) mass is 1530 g/mol. The summed E-state index contributed by atoms with van der Waals surface area (Å²) in [6.45, 7) is 8.29. The summed E-state index contributed by atoms with van der Waals surface area (Å²) in [5.74, 6) is 1.12. The van der Waals surface area contributed by atoms with Crippen LogP contribution in [-0.4, -0.2) is 161 Å². The first kappa shape index (κ1) is 82.3. The summed E-state index contributed by atoms with van der Waals surface area (Å²) in [5.41, 5.74) is 12.7. The molecule has 7 aliphatic rings. The minimum Gasteiger partial charge on any atom is -0.420 e. The van der Waals surface area contributed by atoms with Crippen molar-refractivity contribution in [3.63, 3.8) is 0 Å². The Labute approximate surface area is 655 Å². The molecular formula is C85H93N12O10Y-. The van der Waals surface area contributed by atoms with Crippen LogP contribution in [0.5, 0.6) is 0 Å². The zero-order chi connectivity index (χ0) is 76.8. The third-order valence-electron chi connectivity index (χ3n) is 18.8. The van der Waals surface area contributed by atoms with Gasteiger partial charge in [-0.2, -0.15) is 11.6 Å². The number of carbonyl (C=O) groups excluding carboxylic acids is 8. The van der Waals surface area contributed by atoms with Gasteiger partial charge in [0.15, 0.2) is 5.78 Å². The van der Waals surface area contributed by atoms with Gasteiger partial charge in [0, 0.05) is 168 Å². The van der Waals surface area contributed by atoms with Gasteiger partial charge in [0.2, 0.25) is 17.7 Å². The van der Waals surface area contributed by atoms with Gasteiger partial charge in [0.05, 0.1) is 41.4 Å². The molecule has 108 heavy (non-hydrogen) atoms. The van der Waals surface area contributed by atoms with Crippen LogP contribution >= 0.6 is 0 Å². The first-order valence-electron chi connectivity index (χ1n) is 35.5. The van der Waals surface area contributed by atoms with Gasteiger partial charge in [-0.05, 0) is 115 Å². The van der Waals surface area contributed by atoms with E-state index in [0.717, 1.165) is 95.5 Å². The number of piperidine rings is 1. The average molecular weight is 1530 g/mol. The van der Waals surface area contributed by atoms with Crippen molar-refractivity contribution in [2.24, 2.45) is 20.0 Å². The van der Waals surface area contributed by atoms with E-state index in [2.05, 4.69) is 21.7 Å². The molecule has 7 aliphatic heterocycles. The molecule has 0 aliphatic carbocycles. The molecule has 1 fully saturated rings. The SMILES string of the molecule is CC(=O)N1CN(C)C(=O)c2ccccc21.CC1CNc2ccccc2C1=O.CN1CC(=O)[CH-]c2ccccc21.CN1CCCCC1=O.CN1CCc2ccccc2C1=O.CN1Cc2ccccc2CC1=O.CN1Cc2ccccc2NC1=O.Cn1ccc2ccccc2c1=O.Cn1cnc2ccccc2c1=O.[Y]. The number of nitrogens with zero attached hydrogens (tertiary/aromatic N) is 10. The second kappa shape index (κ2) is 39.3. The number of aryl methyl sites for hydroxylation is 2. The average Bonchev–Trinajstić information content (AvgIpc) is 0.801. The molecule has 2 aromatic heterocycles. The van der Waals surface area contributed by atoms with Crippen molar-refractivity contribution in [1.82, 2.24) is 38.6 Å². The van der Waals surface area contributed by atoms with E-state index < -0.39 is 0 Å². The van der Waals surface area contributed by atoms with E-state index in [-0.39, 0.29) is 91.0 Å². The maximum Gasteiger partial charge on any atom is 0.321 e. The molecule has 9 heterocycles. The Kier molecular flexibility index (Phi) is 29.9. The Morgan fingerprint density at radius 2 is 1.04 bits per heavy atom. The van der Waals surface area contributed by atoms with Crippen LogP contribution in [0.2, 0.25) is 0 Å². The maximum atomic E-state index is 11.8. The van der Waals surface area contributed by atoms with Crippen molar-refractivity contribution in [1.29, 1.82) is 0 Å². The quantitative estimate of drug-likeness (QED) is 0.134. The van der Waals surface area contributed by atoms with Crippen LogP contribution in [0.4, 0.5) is 27.5 Å². The van der Waals surface area contributed by atoms with Gasteiger partial charge in [0.25, 0.3) is 22.9 Å². The number of Topliss-reactive ketones (excluding diaryl/α,β-unsaturated/α-hetero) is 2. The van der Waals surface area contributed by atoms with Crippen LogP contribution in [0.15, 0.2) is 222 Å². The molecule has 0 spiro atoms. The van der Waals surface area contributed by atoms with Crippen LogP contribution < -0.4 is 31.6 Å². The van der Waals surface area contributed by atoms with E-state index in [9.17, 15) is 47.9 Å². The Bertz CT molecular complexity index is 4780. The molecule has 7 amide bonds. The molecule has 0 saturated carbocycles. The summed E-state index contributed by atoms with van der Waals surface area (Å²) in [6, 6.07) is 63.3. The first-order valence-corrected chi connectivity index (χ1v) is 35.5. The van der Waals surface area contributed by atoms with Crippen molar-refractivity contribution in [2.45, 2.75) is 59.0 Å². The van der Waals surface area contributed by atoms with Crippen LogP contribution in [0.3, 0.4) is 0 Å². The van der Waals surface area contributed by atoms with E-state index in [0.29, 0.717) is 48.7 Å². The number of para-hydroxylation sites is 5. The number of likely N-dealkylation sites (N-methyl/N-ethyl adjacent to an activating group) is 3. The number of nitrogens with one attached hydrogen (secondary N) is 2. The zero-order valence-electron chi connectivity index (χ0n) is 63.0. The Balaban J connectivity index is 0.000000153. The Hall–Kier alpha value is -11.4. The molecule has 22 nitrogen and oxygen atoms in total. The number of aromatic nitrogens is 3. The summed E-state index contributed by atoms with van der Waals surface area (Å²) in [4.78, 5) is 130. The van der Waals surface area contributed by atoms with Crippen molar-refractivity contribution >= 4 is 91.6 Å². The standard InChI is InChI=1S/C11H12N2O2.C10H10NO.2C10H11NO.C10H9NO.C10H11NO.C9H8N2O.C9H10N2O.C6H11NO.Y/c1-8(14)13-7-12(2)11(15)9-5-3-4-6-10(9)13;1-11-7-9(12)6-8-4-2-3-5-10(8)11;1-11-7-9-5-3-2-4-8(9)6-10(11)12;2*1-11-7-6-8-4-2-3-5-9(8)10(11)12;1-7-6-11-9-5-3-2-4-8(9)10(7)12;1-11-6-10-8-5-3-2-4-7(8)9(11)12;1-11-6-7-4-2-3-5-8(7)10-9(11)12;1-7-5-3-2-4-6(7)8;/h3-6H,7H2,1-2H3;2-6H,7H2,1H3;2*2-5H,6-7H2,1H3;2-7H,1H3;2-5,7,11H,6H2,1H3;2-6H,1H3;2-5H,6H2,1H3,(H,10,12);2-5H2,1H3;/q;-1;;;;;;;;. The molecule has 1 radical (unpaired) electrons. The number of hydrogen-bond acceptors (Lipinski definition) is 13. The zero-order valence-corrected chi connectivity index (χ0v) is 65.8.